The largest absolute Gasteiger partial charge is 0.496 e. The Bertz CT molecular complexity index is 696. The SMILES string of the molecule is COc1ccc(C)cc1CN1CCO[C@H](Cn2nc(C)cc2C)C1. The summed E-state index contributed by atoms with van der Waals surface area (Å²) in [5.41, 5.74) is 4.75. The standard InChI is InChI=1S/C19H27N3O2/c1-14-5-6-19(23-4)17(9-14)11-21-7-8-24-18(12-21)13-22-16(3)10-15(2)20-22/h5-6,9-10,18H,7-8,11-13H2,1-4H3/t18-/m0/s1. The maximum atomic E-state index is 5.96. The van der Waals surface area contributed by atoms with Crippen molar-refractivity contribution in [2.24, 2.45) is 0 Å². The quantitative estimate of drug-likeness (QED) is 0.845. The van der Waals surface area contributed by atoms with E-state index in [-0.39, 0.29) is 6.10 Å². The molecule has 0 amide bonds. The molecule has 0 saturated carbocycles. The van der Waals surface area contributed by atoms with Crippen LogP contribution in [0.25, 0.3) is 0 Å². The van der Waals surface area contributed by atoms with E-state index in [0.717, 1.165) is 44.2 Å². The Labute approximate surface area is 144 Å². The molecule has 1 aromatic carbocycles. The highest BCUT2D eigenvalue weighted by Gasteiger charge is 2.22. The van der Waals surface area contributed by atoms with Gasteiger partial charge in [0.15, 0.2) is 0 Å². The highest BCUT2D eigenvalue weighted by atomic mass is 16.5. The van der Waals surface area contributed by atoms with Gasteiger partial charge in [-0.05, 0) is 32.9 Å². The number of morpholine rings is 1. The predicted molar refractivity (Wildman–Crippen MR) is 94.4 cm³/mol. The van der Waals surface area contributed by atoms with Crippen molar-refractivity contribution in [1.29, 1.82) is 0 Å². The molecule has 1 aliphatic rings. The molecule has 3 rings (SSSR count). The number of methoxy groups -OCH3 is 1. The van der Waals surface area contributed by atoms with Gasteiger partial charge in [-0.2, -0.15) is 5.10 Å². The Hall–Kier alpha value is -1.85. The second-order valence-corrected chi connectivity index (χ2v) is 6.65. The maximum Gasteiger partial charge on any atom is 0.123 e. The molecular weight excluding hydrogens is 302 g/mol. The van der Waals surface area contributed by atoms with Gasteiger partial charge in [-0.1, -0.05) is 17.7 Å². The first kappa shape index (κ1) is 17.0. The van der Waals surface area contributed by atoms with E-state index in [1.54, 1.807) is 7.11 Å². The third kappa shape index (κ3) is 3.97. The zero-order valence-electron chi connectivity index (χ0n) is 15.1. The Morgan fingerprint density at radius 3 is 2.79 bits per heavy atom. The van der Waals surface area contributed by atoms with E-state index in [1.165, 1.54) is 16.8 Å². The van der Waals surface area contributed by atoms with Crippen molar-refractivity contribution < 1.29 is 9.47 Å². The van der Waals surface area contributed by atoms with Crippen molar-refractivity contribution in [2.75, 3.05) is 26.8 Å². The third-order valence-electron chi connectivity index (χ3n) is 4.53. The summed E-state index contributed by atoms with van der Waals surface area (Å²) in [6, 6.07) is 8.47. The summed E-state index contributed by atoms with van der Waals surface area (Å²) < 4.78 is 13.5. The fourth-order valence-corrected chi connectivity index (χ4v) is 3.36. The van der Waals surface area contributed by atoms with Gasteiger partial charge in [0.2, 0.25) is 0 Å². The molecule has 1 aromatic heterocycles. The minimum absolute atomic E-state index is 0.174. The van der Waals surface area contributed by atoms with E-state index in [9.17, 15) is 0 Å². The molecule has 0 N–H and O–H groups in total. The molecular formula is C19H27N3O2. The van der Waals surface area contributed by atoms with E-state index in [4.69, 9.17) is 9.47 Å². The molecule has 24 heavy (non-hydrogen) atoms. The van der Waals surface area contributed by atoms with E-state index in [1.807, 2.05) is 6.92 Å². The predicted octanol–water partition coefficient (Wildman–Crippen LogP) is 2.72. The normalized spacial score (nSPS) is 18.8. The van der Waals surface area contributed by atoms with Crippen LogP contribution in [0, 0.1) is 20.8 Å². The van der Waals surface area contributed by atoms with Crippen LogP contribution in [0.2, 0.25) is 0 Å². The Morgan fingerprint density at radius 1 is 1.25 bits per heavy atom. The van der Waals surface area contributed by atoms with Gasteiger partial charge in [-0.15, -0.1) is 0 Å². The molecule has 2 heterocycles. The van der Waals surface area contributed by atoms with Crippen LogP contribution in [-0.2, 0) is 17.8 Å². The molecule has 0 bridgehead atoms. The van der Waals surface area contributed by atoms with Gasteiger partial charge in [0, 0.05) is 30.9 Å². The number of benzene rings is 1. The zero-order valence-corrected chi connectivity index (χ0v) is 15.1. The van der Waals surface area contributed by atoms with Crippen LogP contribution >= 0.6 is 0 Å². The summed E-state index contributed by atoms with van der Waals surface area (Å²) in [5, 5.41) is 4.55. The average Bonchev–Trinajstić information content (AvgIpc) is 2.85. The number of rotatable bonds is 5. The van der Waals surface area contributed by atoms with Crippen molar-refractivity contribution in [3.63, 3.8) is 0 Å². The van der Waals surface area contributed by atoms with Gasteiger partial charge >= 0.3 is 0 Å². The summed E-state index contributed by atoms with van der Waals surface area (Å²) in [5.74, 6) is 0.960. The molecule has 0 spiro atoms. The third-order valence-corrected chi connectivity index (χ3v) is 4.53. The zero-order chi connectivity index (χ0) is 17.1. The summed E-state index contributed by atoms with van der Waals surface area (Å²) in [7, 11) is 1.74. The molecule has 1 saturated heterocycles. The van der Waals surface area contributed by atoms with E-state index >= 15 is 0 Å². The van der Waals surface area contributed by atoms with Crippen LogP contribution in [0.4, 0.5) is 0 Å². The lowest BCUT2D eigenvalue weighted by Gasteiger charge is -2.33. The summed E-state index contributed by atoms with van der Waals surface area (Å²) in [6.45, 7) is 10.6. The second kappa shape index (κ2) is 7.36. The van der Waals surface area contributed by atoms with Gasteiger partial charge in [0.05, 0.1) is 32.1 Å². The number of nitrogens with zero attached hydrogens (tertiary/aromatic N) is 3. The first-order valence-corrected chi connectivity index (χ1v) is 8.53. The molecule has 1 fully saturated rings. The van der Waals surface area contributed by atoms with Crippen molar-refractivity contribution >= 4 is 0 Å². The molecule has 0 unspecified atom stereocenters. The van der Waals surface area contributed by atoms with Crippen LogP contribution in [0.5, 0.6) is 5.75 Å². The first-order valence-electron chi connectivity index (χ1n) is 8.53. The van der Waals surface area contributed by atoms with Crippen LogP contribution < -0.4 is 4.74 Å². The van der Waals surface area contributed by atoms with Crippen LogP contribution in [-0.4, -0.2) is 47.6 Å². The van der Waals surface area contributed by atoms with Gasteiger partial charge in [-0.25, -0.2) is 0 Å². The van der Waals surface area contributed by atoms with E-state index < -0.39 is 0 Å². The number of hydrogen-bond acceptors (Lipinski definition) is 4. The molecule has 1 atom stereocenters. The Balaban J connectivity index is 1.65. The molecule has 0 aliphatic carbocycles. The van der Waals surface area contributed by atoms with E-state index in [2.05, 4.69) is 52.8 Å². The van der Waals surface area contributed by atoms with Gasteiger partial charge < -0.3 is 9.47 Å². The minimum atomic E-state index is 0.174. The van der Waals surface area contributed by atoms with E-state index in [0.29, 0.717) is 0 Å². The molecule has 130 valence electrons. The molecule has 1 aliphatic heterocycles. The second-order valence-electron chi connectivity index (χ2n) is 6.65. The van der Waals surface area contributed by atoms with Gasteiger partial charge in [-0.3, -0.25) is 9.58 Å². The Kier molecular flexibility index (Phi) is 5.21. The van der Waals surface area contributed by atoms with Crippen molar-refractivity contribution in [1.82, 2.24) is 14.7 Å². The van der Waals surface area contributed by atoms with Gasteiger partial charge in [0.1, 0.15) is 5.75 Å². The fourth-order valence-electron chi connectivity index (χ4n) is 3.36. The fraction of sp³-hybridized carbons (Fsp3) is 0.526. The van der Waals surface area contributed by atoms with Gasteiger partial charge in [0.25, 0.3) is 0 Å². The number of hydrogen-bond donors (Lipinski definition) is 0. The van der Waals surface area contributed by atoms with Crippen molar-refractivity contribution in [3.05, 3.63) is 46.8 Å². The summed E-state index contributed by atoms with van der Waals surface area (Å²) >= 11 is 0. The maximum absolute atomic E-state index is 5.96. The molecule has 5 nitrogen and oxygen atoms in total. The van der Waals surface area contributed by atoms with Crippen LogP contribution in [0.15, 0.2) is 24.3 Å². The minimum Gasteiger partial charge on any atom is -0.496 e. The summed E-state index contributed by atoms with van der Waals surface area (Å²) in [6.07, 6.45) is 0.174. The highest BCUT2D eigenvalue weighted by molar-refractivity contribution is 5.36. The first-order chi connectivity index (χ1) is 11.5. The smallest absolute Gasteiger partial charge is 0.123 e. The average molecular weight is 329 g/mol. The number of ether oxygens (including phenoxy) is 2. The lowest BCUT2D eigenvalue weighted by molar-refractivity contribution is -0.0406. The monoisotopic (exact) mass is 329 g/mol. The number of aryl methyl sites for hydroxylation is 3. The molecule has 5 heteroatoms. The lowest BCUT2D eigenvalue weighted by atomic mass is 10.1. The van der Waals surface area contributed by atoms with Crippen LogP contribution in [0.3, 0.4) is 0 Å². The topological polar surface area (TPSA) is 39.5 Å². The summed E-state index contributed by atoms with van der Waals surface area (Å²) in [4.78, 5) is 2.44. The lowest BCUT2D eigenvalue weighted by Crippen LogP contribution is -2.44. The highest BCUT2D eigenvalue weighted by Crippen LogP contribution is 2.22. The van der Waals surface area contributed by atoms with Crippen LogP contribution in [0.1, 0.15) is 22.5 Å². The van der Waals surface area contributed by atoms with Crippen molar-refractivity contribution in [2.45, 2.75) is 40.0 Å². The molecule has 0 radical (unpaired) electrons. The Morgan fingerprint density at radius 2 is 2.08 bits per heavy atom. The number of aromatic nitrogens is 2. The van der Waals surface area contributed by atoms with Crippen molar-refractivity contribution in [3.8, 4) is 5.75 Å². The molecule has 2 aromatic rings.